The van der Waals surface area contributed by atoms with Crippen molar-refractivity contribution < 1.29 is 5.11 Å². The predicted octanol–water partition coefficient (Wildman–Crippen LogP) is 0.690. The Kier molecular flexibility index (Phi) is 2.03. The lowest BCUT2D eigenvalue weighted by Gasteiger charge is -2.23. The SMILES string of the molecule is CN1CC2C(C1)C2(CO)c1cccc(N)c1. The van der Waals surface area contributed by atoms with Crippen LogP contribution in [0.1, 0.15) is 5.56 Å². The van der Waals surface area contributed by atoms with Gasteiger partial charge in [-0.3, -0.25) is 0 Å². The van der Waals surface area contributed by atoms with Gasteiger partial charge in [-0.25, -0.2) is 0 Å². The molecule has 2 aliphatic rings. The highest BCUT2D eigenvalue weighted by atomic mass is 16.3. The fraction of sp³-hybridized carbons (Fsp3) is 0.538. The molecule has 3 heteroatoms. The molecule has 0 radical (unpaired) electrons. The maximum Gasteiger partial charge on any atom is 0.0534 e. The van der Waals surface area contributed by atoms with Crippen molar-refractivity contribution in [2.75, 3.05) is 32.5 Å². The minimum Gasteiger partial charge on any atom is -0.399 e. The van der Waals surface area contributed by atoms with E-state index in [0.29, 0.717) is 11.8 Å². The van der Waals surface area contributed by atoms with Crippen LogP contribution in [0.2, 0.25) is 0 Å². The maximum absolute atomic E-state index is 9.73. The average Bonchev–Trinajstić information content (AvgIpc) is 2.66. The van der Waals surface area contributed by atoms with Crippen LogP contribution in [0.5, 0.6) is 0 Å². The van der Waals surface area contributed by atoms with E-state index in [2.05, 4.69) is 18.0 Å². The van der Waals surface area contributed by atoms with Gasteiger partial charge in [0.1, 0.15) is 0 Å². The van der Waals surface area contributed by atoms with Gasteiger partial charge in [0.25, 0.3) is 0 Å². The minimum absolute atomic E-state index is 0.00187. The molecule has 86 valence electrons. The zero-order valence-corrected chi connectivity index (χ0v) is 9.56. The summed E-state index contributed by atoms with van der Waals surface area (Å²) >= 11 is 0. The van der Waals surface area contributed by atoms with E-state index < -0.39 is 0 Å². The van der Waals surface area contributed by atoms with Crippen molar-refractivity contribution in [1.82, 2.24) is 4.90 Å². The summed E-state index contributed by atoms with van der Waals surface area (Å²) in [6, 6.07) is 8.01. The van der Waals surface area contributed by atoms with Crippen molar-refractivity contribution in [3.05, 3.63) is 29.8 Å². The fourth-order valence-electron chi connectivity index (χ4n) is 3.51. The van der Waals surface area contributed by atoms with E-state index in [1.165, 1.54) is 5.56 Å². The first-order chi connectivity index (χ1) is 7.68. The number of fused-ring (bicyclic) bond motifs is 1. The van der Waals surface area contributed by atoms with Gasteiger partial charge in [0, 0.05) is 24.2 Å². The lowest BCUT2D eigenvalue weighted by molar-refractivity contribution is 0.209. The summed E-state index contributed by atoms with van der Waals surface area (Å²) < 4.78 is 0. The molecule has 2 fully saturated rings. The molecule has 1 aliphatic carbocycles. The second kappa shape index (κ2) is 3.22. The third kappa shape index (κ3) is 1.16. The molecule has 1 heterocycles. The van der Waals surface area contributed by atoms with Gasteiger partial charge in [-0.2, -0.15) is 0 Å². The first-order valence-corrected chi connectivity index (χ1v) is 5.84. The van der Waals surface area contributed by atoms with Crippen LogP contribution in [-0.4, -0.2) is 36.8 Å². The van der Waals surface area contributed by atoms with Gasteiger partial charge in [-0.05, 0) is 36.6 Å². The normalized spacial score (nSPS) is 37.4. The molecule has 0 bridgehead atoms. The van der Waals surface area contributed by atoms with Crippen molar-refractivity contribution in [2.24, 2.45) is 11.8 Å². The molecular formula is C13H18N2O. The Morgan fingerprint density at radius 2 is 2.12 bits per heavy atom. The third-order valence-electron chi connectivity index (χ3n) is 4.40. The van der Waals surface area contributed by atoms with E-state index >= 15 is 0 Å². The molecular weight excluding hydrogens is 200 g/mol. The fourth-order valence-corrected chi connectivity index (χ4v) is 3.51. The van der Waals surface area contributed by atoms with Gasteiger partial charge in [0.2, 0.25) is 0 Å². The monoisotopic (exact) mass is 218 g/mol. The molecule has 3 N–H and O–H groups in total. The molecule has 0 spiro atoms. The summed E-state index contributed by atoms with van der Waals surface area (Å²) in [5.74, 6) is 1.23. The van der Waals surface area contributed by atoms with Crippen LogP contribution in [0.4, 0.5) is 5.69 Å². The number of aliphatic hydroxyl groups excluding tert-OH is 1. The summed E-state index contributed by atoms with van der Waals surface area (Å²) in [5.41, 5.74) is 7.84. The van der Waals surface area contributed by atoms with Gasteiger partial charge < -0.3 is 15.7 Å². The first kappa shape index (κ1) is 10.1. The second-order valence-electron chi connectivity index (χ2n) is 5.26. The molecule has 2 unspecified atom stereocenters. The Bertz CT molecular complexity index is 406. The van der Waals surface area contributed by atoms with Crippen LogP contribution < -0.4 is 5.73 Å². The van der Waals surface area contributed by atoms with Crippen LogP contribution in [-0.2, 0) is 5.41 Å². The Balaban J connectivity index is 1.94. The number of hydrogen-bond donors (Lipinski definition) is 2. The zero-order valence-electron chi connectivity index (χ0n) is 9.56. The Morgan fingerprint density at radius 3 is 2.69 bits per heavy atom. The van der Waals surface area contributed by atoms with Crippen molar-refractivity contribution in [3.8, 4) is 0 Å². The summed E-state index contributed by atoms with van der Waals surface area (Å²) in [4.78, 5) is 2.34. The summed E-state index contributed by atoms with van der Waals surface area (Å²) in [6.45, 7) is 2.44. The van der Waals surface area contributed by atoms with Crippen molar-refractivity contribution in [1.29, 1.82) is 0 Å². The van der Waals surface area contributed by atoms with E-state index in [-0.39, 0.29) is 12.0 Å². The molecule has 0 amide bonds. The smallest absolute Gasteiger partial charge is 0.0534 e. The quantitative estimate of drug-likeness (QED) is 0.718. The summed E-state index contributed by atoms with van der Waals surface area (Å²) in [7, 11) is 2.15. The molecule has 16 heavy (non-hydrogen) atoms. The van der Waals surface area contributed by atoms with E-state index in [1.54, 1.807) is 0 Å². The summed E-state index contributed by atoms with van der Waals surface area (Å²) in [6.07, 6.45) is 0. The largest absolute Gasteiger partial charge is 0.399 e. The van der Waals surface area contributed by atoms with E-state index in [9.17, 15) is 5.11 Å². The molecule has 1 aromatic rings. The molecule has 1 aromatic carbocycles. The topological polar surface area (TPSA) is 49.5 Å². The number of piperidine rings is 1. The second-order valence-corrected chi connectivity index (χ2v) is 5.26. The van der Waals surface area contributed by atoms with E-state index in [0.717, 1.165) is 18.8 Å². The lowest BCUT2D eigenvalue weighted by Crippen LogP contribution is -2.29. The number of aliphatic hydroxyl groups is 1. The Labute approximate surface area is 95.9 Å². The van der Waals surface area contributed by atoms with Crippen LogP contribution in [0, 0.1) is 11.8 Å². The Morgan fingerprint density at radius 1 is 1.44 bits per heavy atom. The van der Waals surface area contributed by atoms with Gasteiger partial charge in [0.15, 0.2) is 0 Å². The standard InChI is InChI=1S/C13H18N2O/c1-15-6-11-12(7-15)13(11,8-16)9-3-2-4-10(14)5-9/h2-5,11-12,16H,6-8,14H2,1H3. The van der Waals surface area contributed by atoms with E-state index in [1.807, 2.05) is 18.2 Å². The number of likely N-dealkylation sites (tertiary alicyclic amines) is 1. The number of nitrogen functional groups attached to an aromatic ring is 1. The van der Waals surface area contributed by atoms with Crippen LogP contribution in [0.25, 0.3) is 0 Å². The molecule has 1 aliphatic heterocycles. The molecule has 1 saturated heterocycles. The highest BCUT2D eigenvalue weighted by Crippen LogP contribution is 2.63. The number of rotatable bonds is 2. The van der Waals surface area contributed by atoms with Gasteiger partial charge in [0.05, 0.1) is 6.61 Å². The molecule has 0 aromatic heterocycles. The third-order valence-corrected chi connectivity index (χ3v) is 4.40. The van der Waals surface area contributed by atoms with Crippen LogP contribution in [0.3, 0.4) is 0 Å². The number of nitrogens with zero attached hydrogens (tertiary/aromatic N) is 1. The zero-order chi connectivity index (χ0) is 11.3. The predicted molar refractivity (Wildman–Crippen MR) is 64.1 cm³/mol. The highest BCUT2D eigenvalue weighted by molar-refractivity contribution is 5.48. The number of benzene rings is 1. The maximum atomic E-state index is 9.73. The highest BCUT2D eigenvalue weighted by Gasteiger charge is 2.67. The number of anilines is 1. The van der Waals surface area contributed by atoms with Crippen molar-refractivity contribution in [3.63, 3.8) is 0 Å². The van der Waals surface area contributed by atoms with Crippen LogP contribution >= 0.6 is 0 Å². The molecule has 1 saturated carbocycles. The van der Waals surface area contributed by atoms with Gasteiger partial charge in [-0.1, -0.05) is 12.1 Å². The molecule has 3 rings (SSSR count). The summed E-state index contributed by atoms with van der Waals surface area (Å²) in [5, 5.41) is 9.73. The number of hydrogen-bond acceptors (Lipinski definition) is 3. The number of nitrogens with two attached hydrogens (primary N) is 1. The first-order valence-electron chi connectivity index (χ1n) is 5.84. The van der Waals surface area contributed by atoms with Crippen molar-refractivity contribution >= 4 is 5.69 Å². The Hall–Kier alpha value is -1.06. The molecule has 3 nitrogen and oxygen atoms in total. The minimum atomic E-state index is 0.00187. The molecule has 2 atom stereocenters. The average molecular weight is 218 g/mol. The van der Waals surface area contributed by atoms with Gasteiger partial charge >= 0.3 is 0 Å². The van der Waals surface area contributed by atoms with Crippen molar-refractivity contribution in [2.45, 2.75) is 5.41 Å². The van der Waals surface area contributed by atoms with Gasteiger partial charge in [-0.15, -0.1) is 0 Å². The van der Waals surface area contributed by atoms with E-state index in [4.69, 9.17) is 5.73 Å². The lowest BCUT2D eigenvalue weighted by atomic mass is 9.90. The van der Waals surface area contributed by atoms with Crippen LogP contribution in [0.15, 0.2) is 24.3 Å².